The molecule has 19 heavy (non-hydrogen) atoms. The molecule has 0 saturated carbocycles. The number of thioether (sulfide) groups is 1. The fourth-order valence-corrected chi connectivity index (χ4v) is 3.55. The van der Waals surface area contributed by atoms with E-state index in [9.17, 15) is 4.79 Å². The van der Waals surface area contributed by atoms with Crippen LogP contribution in [0.4, 0.5) is 0 Å². The quantitative estimate of drug-likeness (QED) is 0.896. The van der Waals surface area contributed by atoms with Crippen molar-refractivity contribution in [3.05, 3.63) is 18.0 Å². The Hall–Kier alpha value is -1.01. The van der Waals surface area contributed by atoms with Crippen LogP contribution in [-0.2, 0) is 11.8 Å². The summed E-state index contributed by atoms with van der Waals surface area (Å²) < 4.78 is 1.73. The normalized spacial score (nSPS) is 21.4. The van der Waals surface area contributed by atoms with Gasteiger partial charge in [0.25, 0.3) is 0 Å². The van der Waals surface area contributed by atoms with E-state index in [4.69, 9.17) is 0 Å². The van der Waals surface area contributed by atoms with E-state index in [0.29, 0.717) is 5.25 Å². The maximum absolute atomic E-state index is 12.6. The number of likely N-dealkylation sites (N-methyl/N-ethyl adjacent to an activating group) is 1. The lowest BCUT2D eigenvalue weighted by Crippen LogP contribution is -2.46. The number of aryl methyl sites for hydroxylation is 1. The van der Waals surface area contributed by atoms with Gasteiger partial charge in [-0.3, -0.25) is 9.48 Å². The van der Waals surface area contributed by atoms with Gasteiger partial charge in [-0.05, 0) is 13.5 Å². The van der Waals surface area contributed by atoms with Crippen LogP contribution in [0.25, 0.3) is 0 Å². The summed E-state index contributed by atoms with van der Waals surface area (Å²) in [5, 5.41) is 7.83. The molecule has 0 spiro atoms. The molecule has 0 radical (unpaired) electrons. The molecule has 1 fully saturated rings. The van der Waals surface area contributed by atoms with Gasteiger partial charge in [0.2, 0.25) is 5.91 Å². The number of nitrogens with zero attached hydrogens (tertiary/aromatic N) is 3. The Labute approximate surface area is 118 Å². The summed E-state index contributed by atoms with van der Waals surface area (Å²) in [5.41, 5.74) is 0.932. The first-order chi connectivity index (χ1) is 9.15. The average Bonchev–Trinajstić information content (AvgIpc) is 2.86. The minimum atomic E-state index is -0.283. The lowest BCUT2D eigenvalue weighted by atomic mass is 10.1. The van der Waals surface area contributed by atoms with E-state index >= 15 is 0 Å². The molecule has 1 aromatic heterocycles. The minimum Gasteiger partial charge on any atom is -0.339 e. The van der Waals surface area contributed by atoms with E-state index in [1.165, 1.54) is 0 Å². The first kappa shape index (κ1) is 14.4. The molecule has 1 aliphatic heterocycles. The molecule has 0 bridgehead atoms. The average molecular weight is 282 g/mol. The van der Waals surface area contributed by atoms with E-state index in [-0.39, 0.29) is 11.9 Å². The molecular weight excluding hydrogens is 260 g/mol. The summed E-state index contributed by atoms with van der Waals surface area (Å²) in [6.07, 6.45) is 4.77. The number of amides is 1. The second kappa shape index (κ2) is 6.43. The van der Waals surface area contributed by atoms with Gasteiger partial charge in [-0.25, -0.2) is 0 Å². The van der Waals surface area contributed by atoms with Crippen LogP contribution in [0.5, 0.6) is 0 Å². The van der Waals surface area contributed by atoms with Crippen molar-refractivity contribution in [2.24, 2.45) is 7.05 Å². The zero-order valence-corrected chi connectivity index (χ0v) is 12.6. The first-order valence-corrected chi connectivity index (χ1v) is 7.76. The Kier molecular flexibility index (Phi) is 4.87. The predicted molar refractivity (Wildman–Crippen MR) is 78.1 cm³/mol. The van der Waals surface area contributed by atoms with E-state index in [0.717, 1.165) is 30.8 Å². The molecule has 0 aliphatic carbocycles. The fraction of sp³-hybridized carbons (Fsp3) is 0.692. The van der Waals surface area contributed by atoms with Crippen LogP contribution in [0, 0.1) is 0 Å². The molecular formula is C13H22N4OS. The first-order valence-electron chi connectivity index (χ1n) is 6.72. The van der Waals surface area contributed by atoms with Gasteiger partial charge in [-0.1, -0.05) is 6.92 Å². The summed E-state index contributed by atoms with van der Waals surface area (Å²) in [4.78, 5) is 14.6. The molecule has 1 amide bonds. The number of rotatable bonds is 4. The van der Waals surface area contributed by atoms with Gasteiger partial charge in [-0.15, -0.1) is 0 Å². The second-order valence-corrected chi connectivity index (χ2v) is 6.26. The maximum atomic E-state index is 12.6. The summed E-state index contributed by atoms with van der Waals surface area (Å²) in [5.74, 6) is 1.20. The van der Waals surface area contributed by atoms with Gasteiger partial charge < -0.3 is 10.2 Å². The predicted octanol–water partition coefficient (Wildman–Crippen LogP) is 1.03. The number of nitrogens with one attached hydrogen (secondary N) is 1. The lowest BCUT2D eigenvalue weighted by Gasteiger charge is -2.34. The van der Waals surface area contributed by atoms with Crippen molar-refractivity contribution in [1.82, 2.24) is 20.0 Å². The Balaban J connectivity index is 2.08. The summed E-state index contributed by atoms with van der Waals surface area (Å²) in [6, 6.07) is -0.283. The fourth-order valence-electron chi connectivity index (χ4n) is 2.37. The Morgan fingerprint density at radius 1 is 1.68 bits per heavy atom. The van der Waals surface area contributed by atoms with Crippen LogP contribution >= 0.6 is 11.8 Å². The topological polar surface area (TPSA) is 50.2 Å². The standard InChI is InChI=1S/C13H22N4OS/c1-4-11-9-17(5-6-19-11)13(18)12(14-2)10-7-15-16(3)8-10/h7-8,11-12,14H,4-6,9H2,1-3H3. The highest BCUT2D eigenvalue weighted by Crippen LogP contribution is 2.24. The van der Waals surface area contributed by atoms with E-state index in [2.05, 4.69) is 17.3 Å². The molecule has 2 atom stereocenters. The molecule has 6 heteroatoms. The van der Waals surface area contributed by atoms with E-state index in [1.54, 1.807) is 10.9 Å². The number of aromatic nitrogens is 2. The Bertz CT molecular complexity index is 434. The van der Waals surface area contributed by atoms with Gasteiger partial charge in [-0.2, -0.15) is 16.9 Å². The van der Waals surface area contributed by atoms with Gasteiger partial charge in [0.15, 0.2) is 0 Å². The Morgan fingerprint density at radius 2 is 2.47 bits per heavy atom. The molecule has 106 valence electrons. The number of hydrogen-bond acceptors (Lipinski definition) is 4. The molecule has 2 rings (SSSR count). The minimum absolute atomic E-state index is 0.161. The molecule has 2 unspecified atom stereocenters. The van der Waals surface area contributed by atoms with Crippen molar-refractivity contribution >= 4 is 17.7 Å². The van der Waals surface area contributed by atoms with Crippen molar-refractivity contribution in [3.63, 3.8) is 0 Å². The van der Waals surface area contributed by atoms with Gasteiger partial charge in [0.05, 0.1) is 6.20 Å². The third-order valence-corrected chi connectivity index (χ3v) is 4.87. The number of carbonyl (C=O) groups is 1. The molecule has 1 N–H and O–H groups in total. The van der Waals surface area contributed by atoms with Crippen LogP contribution in [0.15, 0.2) is 12.4 Å². The summed E-state index contributed by atoms with van der Waals surface area (Å²) in [6.45, 7) is 3.89. The van der Waals surface area contributed by atoms with Crippen molar-refractivity contribution in [2.45, 2.75) is 24.6 Å². The van der Waals surface area contributed by atoms with Crippen LogP contribution in [0.1, 0.15) is 24.9 Å². The van der Waals surface area contributed by atoms with Crippen LogP contribution in [0.2, 0.25) is 0 Å². The van der Waals surface area contributed by atoms with Crippen molar-refractivity contribution < 1.29 is 4.79 Å². The van der Waals surface area contributed by atoms with E-state index in [1.807, 2.05) is 37.0 Å². The number of carbonyl (C=O) groups excluding carboxylic acids is 1. The summed E-state index contributed by atoms with van der Waals surface area (Å²) in [7, 11) is 3.69. The van der Waals surface area contributed by atoms with Gasteiger partial charge >= 0.3 is 0 Å². The summed E-state index contributed by atoms with van der Waals surface area (Å²) >= 11 is 1.97. The smallest absolute Gasteiger partial charge is 0.244 e. The largest absolute Gasteiger partial charge is 0.339 e. The van der Waals surface area contributed by atoms with Crippen LogP contribution in [0.3, 0.4) is 0 Å². The molecule has 5 nitrogen and oxygen atoms in total. The highest BCUT2D eigenvalue weighted by molar-refractivity contribution is 8.00. The monoisotopic (exact) mass is 282 g/mol. The zero-order valence-electron chi connectivity index (χ0n) is 11.8. The molecule has 1 aromatic rings. The van der Waals surface area contributed by atoms with E-state index < -0.39 is 0 Å². The third-order valence-electron chi connectivity index (χ3n) is 3.50. The van der Waals surface area contributed by atoms with Crippen LogP contribution < -0.4 is 5.32 Å². The van der Waals surface area contributed by atoms with Crippen LogP contribution in [-0.4, -0.2) is 51.7 Å². The molecule has 0 aromatic carbocycles. The van der Waals surface area contributed by atoms with Crippen molar-refractivity contribution in [2.75, 3.05) is 25.9 Å². The second-order valence-electron chi connectivity index (χ2n) is 4.85. The lowest BCUT2D eigenvalue weighted by molar-refractivity contribution is -0.133. The zero-order chi connectivity index (χ0) is 13.8. The molecule has 2 heterocycles. The molecule has 1 aliphatic rings. The molecule has 1 saturated heterocycles. The van der Waals surface area contributed by atoms with Gasteiger partial charge in [0, 0.05) is 42.9 Å². The maximum Gasteiger partial charge on any atom is 0.244 e. The third kappa shape index (κ3) is 3.30. The van der Waals surface area contributed by atoms with Crippen molar-refractivity contribution in [3.8, 4) is 0 Å². The van der Waals surface area contributed by atoms with Crippen molar-refractivity contribution in [1.29, 1.82) is 0 Å². The highest BCUT2D eigenvalue weighted by atomic mass is 32.2. The number of hydrogen-bond donors (Lipinski definition) is 1. The Morgan fingerprint density at radius 3 is 3.05 bits per heavy atom. The van der Waals surface area contributed by atoms with Gasteiger partial charge in [0.1, 0.15) is 6.04 Å². The highest BCUT2D eigenvalue weighted by Gasteiger charge is 2.29. The SMILES string of the molecule is CCC1CN(C(=O)C(NC)c2cnn(C)c2)CCS1.